The molecule has 106 valence electrons. The second-order valence-electron chi connectivity index (χ2n) is 5.46. The molecule has 0 spiro atoms. The van der Waals surface area contributed by atoms with Crippen LogP contribution in [0.4, 0.5) is 0 Å². The van der Waals surface area contributed by atoms with Crippen molar-refractivity contribution in [3.05, 3.63) is 29.3 Å². The van der Waals surface area contributed by atoms with Crippen LogP contribution >= 0.6 is 0 Å². The van der Waals surface area contributed by atoms with E-state index >= 15 is 0 Å². The molecule has 4 nitrogen and oxygen atoms in total. The Balaban J connectivity index is 2.85. The Morgan fingerprint density at radius 1 is 1.47 bits per heavy atom. The first-order valence-corrected chi connectivity index (χ1v) is 6.38. The molecule has 1 atom stereocenters. The molecule has 0 fully saturated rings. The Morgan fingerprint density at radius 3 is 2.58 bits per heavy atom. The van der Waals surface area contributed by atoms with E-state index in [0.29, 0.717) is 5.56 Å². The summed E-state index contributed by atoms with van der Waals surface area (Å²) in [7, 11) is 1.61. The number of Topliss-reactive ketones (excluding diaryl/α,β-unsaturated/α-hetero) is 1. The van der Waals surface area contributed by atoms with E-state index in [0.717, 1.165) is 11.3 Å². The molecule has 1 rings (SSSR count). The summed E-state index contributed by atoms with van der Waals surface area (Å²) in [6.07, 6.45) is 0. The summed E-state index contributed by atoms with van der Waals surface area (Å²) in [4.78, 5) is 12.3. The fourth-order valence-corrected chi connectivity index (χ4v) is 1.98. The highest BCUT2D eigenvalue weighted by molar-refractivity contribution is 6.00. The SMILES string of the molecule is COc1ccc(C(=O)C(C)NC(C)(C)CO)cc1C. The van der Waals surface area contributed by atoms with Crippen molar-refractivity contribution >= 4 is 5.78 Å². The Hall–Kier alpha value is -1.39. The zero-order chi connectivity index (χ0) is 14.6. The number of rotatable bonds is 6. The van der Waals surface area contributed by atoms with E-state index < -0.39 is 5.54 Å². The fourth-order valence-electron chi connectivity index (χ4n) is 1.98. The van der Waals surface area contributed by atoms with Gasteiger partial charge in [0.15, 0.2) is 5.78 Å². The molecule has 0 heterocycles. The predicted molar refractivity (Wildman–Crippen MR) is 75.8 cm³/mol. The van der Waals surface area contributed by atoms with Crippen molar-refractivity contribution in [1.82, 2.24) is 5.32 Å². The van der Waals surface area contributed by atoms with E-state index in [4.69, 9.17) is 4.74 Å². The fraction of sp³-hybridized carbons (Fsp3) is 0.533. The van der Waals surface area contributed by atoms with Crippen LogP contribution in [-0.4, -0.2) is 36.2 Å². The second kappa shape index (κ2) is 6.17. The minimum atomic E-state index is -0.476. The number of methoxy groups -OCH3 is 1. The second-order valence-corrected chi connectivity index (χ2v) is 5.46. The molecule has 0 aliphatic rings. The van der Waals surface area contributed by atoms with E-state index in [1.54, 1.807) is 26.2 Å². The smallest absolute Gasteiger partial charge is 0.179 e. The summed E-state index contributed by atoms with van der Waals surface area (Å²) in [6, 6.07) is 5.03. The van der Waals surface area contributed by atoms with Crippen LogP contribution in [0.1, 0.15) is 36.7 Å². The predicted octanol–water partition coefficient (Wildman–Crippen LogP) is 1.94. The van der Waals surface area contributed by atoms with Gasteiger partial charge in [0.2, 0.25) is 0 Å². The number of ether oxygens (including phenoxy) is 1. The third kappa shape index (κ3) is 4.04. The lowest BCUT2D eigenvalue weighted by Gasteiger charge is -2.27. The molecule has 0 aromatic heterocycles. The molecular formula is C15H23NO3. The van der Waals surface area contributed by atoms with Crippen molar-refractivity contribution in [3.8, 4) is 5.75 Å². The van der Waals surface area contributed by atoms with Crippen LogP contribution in [0.25, 0.3) is 0 Å². The molecule has 0 radical (unpaired) electrons. The van der Waals surface area contributed by atoms with Crippen LogP contribution in [-0.2, 0) is 0 Å². The van der Waals surface area contributed by atoms with Crippen molar-refractivity contribution in [2.45, 2.75) is 39.3 Å². The topological polar surface area (TPSA) is 58.6 Å². The standard InChI is InChI=1S/C15H23NO3/c1-10-8-12(6-7-13(10)19-5)14(18)11(2)16-15(3,4)9-17/h6-8,11,16-17H,9H2,1-5H3. The van der Waals surface area contributed by atoms with E-state index in [1.807, 2.05) is 26.8 Å². The van der Waals surface area contributed by atoms with Gasteiger partial charge in [0, 0.05) is 11.1 Å². The number of carbonyl (C=O) groups excluding carboxylic acids is 1. The van der Waals surface area contributed by atoms with Gasteiger partial charge >= 0.3 is 0 Å². The van der Waals surface area contributed by atoms with Gasteiger partial charge in [0.25, 0.3) is 0 Å². The van der Waals surface area contributed by atoms with Gasteiger partial charge in [-0.05, 0) is 51.5 Å². The number of benzene rings is 1. The molecule has 0 aliphatic heterocycles. The van der Waals surface area contributed by atoms with Crippen LogP contribution in [0.3, 0.4) is 0 Å². The van der Waals surface area contributed by atoms with Gasteiger partial charge in [-0.2, -0.15) is 0 Å². The molecule has 0 saturated heterocycles. The van der Waals surface area contributed by atoms with Crippen molar-refractivity contribution in [2.24, 2.45) is 0 Å². The molecule has 0 bridgehead atoms. The van der Waals surface area contributed by atoms with Gasteiger partial charge in [-0.3, -0.25) is 4.79 Å². The first-order chi connectivity index (χ1) is 8.80. The Labute approximate surface area is 114 Å². The first-order valence-electron chi connectivity index (χ1n) is 6.38. The normalized spacial score (nSPS) is 13.2. The van der Waals surface area contributed by atoms with Gasteiger partial charge in [0.05, 0.1) is 19.8 Å². The van der Waals surface area contributed by atoms with Crippen molar-refractivity contribution in [1.29, 1.82) is 0 Å². The van der Waals surface area contributed by atoms with Gasteiger partial charge in [-0.25, -0.2) is 0 Å². The quantitative estimate of drug-likeness (QED) is 0.772. The summed E-state index contributed by atoms with van der Waals surface area (Å²) in [5, 5.41) is 12.3. The summed E-state index contributed by atoms with van der Waals surface area (Å²) >= 11 is 0. The summed E-state index contributed by atoms with van der Waals surface area (Å²) in [6.45, 7) is 7.41. The molecular weight excluding hydrogens is 242 g/mol. The van der Waals surface area contributed by atoms with E-state index in [9.17, 15) is 9.90 Å². The van der Waals surface area contributed by atoms with Crippen LogP contribution < -0.4 is 10.1 Å². The summed E-state index contributed by atoms with van der Waals surface area (Å²) in [5.74, 6) is 0.778. The monoisotopic (exact) mass is 265 g/mol. The third-order valence-electron chi connectivity index (χ3n) is 3.08. The third-order valence-corrected chi connectivity index (χ3v) is 3.08. The highest BCUT2D eigenvalue weighted by Gasteiger charge is 2.23. The first kappa shape index (κ1) is 15.7. The van der Waals surface area contributed by atoms with Crippen LogP contribution in [0.2, 0.25) is 0 Å². The van der Waals surface area contributed by atoms with E-state index in [-0.39, 0.29) is 18.4 Å². The lowest BCUT2D eigenvalue weighted by atomic mass is 9.99. The molecule has 1 aromatic carbocycles. The lowest BCUT2D eigenvalue weighted by molar-refractivity contribution is 0.0911. The van der Waals surface area contributed by atoms with Crippen molar-refractivity contribution < 1.29 is 14.6 Å². The maximum absolute atomic E-state index is 12.3. The van der Waals surface area contributed by atoms with Gasteiger partial charge in [-0.1, -0.05) is 0 Å². The zero-order valence-electron chi connectivity index (χ0n) is 12.3. The molecule has 4 heteroatoms. The highest BCUT2D eigenvalue weighted by Crippen LogP contribution is 2.19. The minimum absolute atomic E-state index is 0.00674. The molecule has 0 amide bonds. The Morgan fingerprint density at radius 2 is 2.11 bits per heavy atom. The number of carbonyl (C=O) groups is 1. The van der Waals surface area contributed by atoms with Gasteiger partial charge in [0.1, 0.15) is 5.75 Å². The number of aryl methyl sites for hydroxylation is 1. The van der Waals surface area contributed by atoms with Crippen LogP contribution in [0, 0.1) is 6.92 Å². The van der Waals surface area contributed by atoms with Crippen LogP contribution in [0.5, 0.6) is 5.75 Å². The molecule has 0 saturated carbocycles. The van der Waals surface area contributed by atoms with Gasteiger partial charge in [-0.15, -0.1) is 0 Å². The van der Waals surface area contributed by atoms with Crippen LogP contribution in [0.15, 0.2) is 18.2 Å². The molecule has 19 heavy (non-hydrogen) atoms. The lowest BCUT2D eigenvalue weighted by Crippen LogP contribution is -2.50. The molecule has 0 aliphatic carbocycles. The average Bonchev–Trinajstić information content (AvgIpc) is 2.37. The minimum Gasteiger partial charge on any atom is -0.496 e. The average molecular weight is 265 g/mol. The zero-order valence-corrected chi connectivity index (χ0v) is 12.3. The molecule has 2 N–H and O–H groups in total. The number of hydrogen-bond acceptors (Lipinski definition) is 4. The largest absolute Gasteiger partial charge is 0.496 e. The maximum atomic E-state index is 12.3. The number of hydrogen-bond donors (Lipinski definition) is 2. The summed E-state index contributed by atoms with van der Waals surface area (Å²) < 4.78 is 5.18. The Kier molecular flexibility index (Phi) is 5.09. The maximum Gasteiger partial charge on any atom is 0.179 e. The number of ketones is 1. The highest BCUT2D eigenvalue weighted by atomic mass is 16.5. The summed E-state index contributed by atoms with van der Waals surface area (Å²) in [5.41, 5.74) is 1.10. The number of aliphatic hydroxyl groups is 1. The number of aliphatic hydroxyl groups excluding tert-OH is 1. The molecule has 1 aromatic rings. The van der Waals surface area contributed by atoms with E-state index in [2.05, 4.69) is 5.32 Å². The van der Waals surface area contributed by atoms with Gasteiger partial charge < -0.3 is 15.2 Å². The van der Waals surface area contributed by atoms with Crippen molar-refractivity contribution in [3.63, 3.8) is 0 Å². The molecule has 1 unspecified atom stereocenters. The van der Waals surface area contributed by atoms with E-state index in [1.165, 1.54) is 0 Å². The van der Waals surface area contributed by atoms with Crippen molar-refractivity contribution in [2.75, 3.05) is 13.7 Å². The number of nitrogens with one attached hydrogen (secondary N) is 1. The Bertz CT molecular complexity index is 455.